The number of pyridine rings is 1. The minimum absolute atomic E-state index is 0.0569. The Balaban J connectivity index is 2.20. The van der Waals surface area contributed by atoms with Crippen molar-refractivity contribution < 1.29 is 9.66 Å². The lowest BCUT2D eigenvalue weighted by Gasteiger charge is -2.09. The predicted octanol–water partition coefficient (Wildman–Crippen LogP) is 3.26. The molecule has 0 fully saturated rings. The van der Waals surface area contributed by atoms with Gasteiger partial charge in [-0.25, -0.2) is 4.98 Å². The van der Waals surface area contributed by atoms with Crippen LogP contribution < -0.4 is 10.1 Å². The van der Waals surface area contributed by atoms with E-state index in [-0.39, 0.29) is 5.69 Å². The van der Waals surface area contributed by atoms with E-state index in [2.05, 4.69) is 10.3 Å². The van der Waals surface area contributed by atoms with Crippen LogP contribution in [0.2, 0.25) is 5.02 Å². The van der Waals surface area contributed by atoms with E-state index < -0.39 is 4.92 Å². The highest BCUT2D eigenvalue weighted by molar-refractivity contribution is 6.33. The molecule has 0 aliphatic heterocycles. The Morgan fingerprint density at radius 1 is 1.45 bits per heavy atom. The number of rotatable bonds is 5. The van der Waals surface area contributed by atoms with E-state index in [0.29, 0.717) is 23.1 Å². The van der Waals surface area contributed by atoms with E-state index in [0.717, 1.165) is 5.56 Å². The molecule has 0 aliphatic rings. The first-order valence-corrected chi connectivity index (χ1v) is 6.15. The topological polar surface area (TPSA) is 77.3 Å². The van der Waals surface area contributed by atoms with E-state index in [1.807, 2.05) is 0 Å². The van der Waals surface area contributed by atoms with E-state index in [4.69, 9.17) is 16.3 Å². The molecule has 1 aromatic heterocycles. The number of ether oxygens (including phenoxy) is 1. The third-order valence-corrected chi connectivity index (χ3v) is 2.98. The molecular formula is C13H12ClN3O3. The van der Waals surface area contributed by atoms with Gasteiger partial charge in [0.05, 0.1) is 17.1 Å². The van der Waals surface area contributed by atoms with Crippen LogP contribution in [0.25, 0.3) is 0 Å². The maximum absolute atomic E-state index is 11.0. The van der Waals surface area contributed by atoms with Crippen LogP contribution in [-0.2, 0) is 6.54 Å². The number of nitro groups is 1. The Morgan fingerprint density at radius 3 is 2.95 bits per heavy atom. The summed E-state index contributed by atoms with van der Waals surface area (Å²) in [6.45, 7) is 0.378. The molecule has 7 heteroatoms. The molecule has 2 rings (SSSR count). The van der Waals surface area contributed by atoms with Crippen molar-refractivity contribution in [1.29, 1.82) is 0 Å². The van der Waals surface area contributed by atoms with Gasteiger partial charge in [0.1, 0.15) is 5.69 Å². The number of halogens is 1. The number of methoxy groups -OCH3 is 1. The highest BCUT2D eigenvalue weighted by Gasteiger charge is 2.16. The molecule has 1 N–H and O–H groups in total. The Bertz CT molecular complexity index is 634. The zero-order valence-corrected chi connectivity index (χ0v) is 11.4. The van der Waals surface area contributed by atoms with E-state index in [1.54, 1.807) is 30.5 Å². The summed E-state index contributed by atoms with van der Waals surface area (Å²) in [5.41, 5.74) is 1.12. The van der Waals surface area contributed by atoms with Gasteiger partial charge in [-0.1, -0.05) is 17.7 Å². The van der Waals surface area contributed by atoms with Crippen LogP contribution in [0.1, 0.15) is 5.56 Å². The largest absolute Gasteiger partial charge is 0.481 e. The van der Waals surface area contributed by atoms with Crippen molar-refractivity contribution in [1.82, 2.24) is 4.98 Å². The molecule has 1 aromatic carbocycles. The minimum atomic E-state index is -0.471. The molecule has 0 aliphatic carbocycles. The summed E-state index contributed by atoms with van der Waals surface area (Å²) in [4.78, 5) is 14.5. The predicted molar refractivity (Wildman–Crippen MR) is 76.2 cm³/mol. The van der Waals surface area contributed by atoms with Crippen LogP contribution in [0.15, 0.2) is 36.5 Å². The maximum atomic E-state index is 11.0. The number of aromatic nitrogens is 1. The SMILES string of the molecule is COc1cc(CNc2c(Cl)cccc2[N+](=O)[O-])ccn1. The summed E-state index contributed by atoms with van der Waals surface area (Å²) in [5.74, 6) is 0.484. The van der Waals surface area contributed by atoms with Gasteiger partial charge in [-0.3, -0.25) is 10.1 Å². The van der Waals surface area contributed by atoms with Gasteiger partial charge in [-0.2, -0.15) is 0 Å². The third kappa shape index (κ3) is 3.16. The van der Waals surface area contributed by atoms with Gasteiger partial charge in [0.25, 0.3) is 5.69 Å². The number of nitrogens with one attached hydrogen (secondary N) is 1. The van der Waals surface area contributed by atoms with Gasteiger partial charge in [-0.05, 0) is 17.7 Å². The van der Waals surface area contributed by atoms with Crippen molar-refractivity contribution in [2.24, 2.45) is 0 Å². The standard InChI is InChI=1S/C13H12ClN3O3/c1-20-12-7-9(5-6-15-12)8-16-13-10(14)3-2-4-11(13)17(18)19/h2-7,16H,8H2,1H3. The monoisotopic (exact) mass is 293 g/mol. The Labute approximate surface area is 120 Å². The molecule has 0 amide bonds. The number of anilines is 1. The van der Waals surface area contributed by atoms with Crippen LogP contribution in [0, 0.1) is 10.1 Å². The van der Waals surface area contributed by atoms with Crippen LogP contribution >= 0.6 is 11.6 Å². The van der Waals surface area contributed by atoms with Gasteiger partial charge in [0.2, 0.25) is 5.88 Å². The molecule has 104 valence electrons. The normalized spacial score (nSPS) is 10.1. The summed E-state index contributed by atoms with van der Waals surface area (Å²) in [6.07, 6.45) is 1.61. The molecule has 6 nitrogen and oxygen atoms in total. The van der Waals surface area contributed by atoms with Crippen LogP contribution in [-0.4, -0.2) is 17.0 Å². The summed E-state index contributed by atoms with van der Waals surface area (Å²) in [7, 11) is 1.53. The molecule has 0 saturated carbocycles. The van der Waals surface area contributed by atoms with Gasteiger partial charge in [0.15, 0.2) is 0 Å². The van der Waals surface area contributed by atoms with E-state index in [1.165, 1.54) is 13.2 Å². The average molecular weight is 294 g/mol. The van der Waals surface area contributed by atoms with E-state index in [9.17, 15) is 10.1 Å². The number of nitro benzene ring substituents is 1. The van der Waals surface area contributed by atoms with Crippen molar-refractivity contribution in [3.05, 3.63) is 57.2 Å². The molecule has 20 heavy (non-hydrogen) atoms. The number of hydrogen-bond acceptors (Lipinski definition) is 5. The fourth-order valence-electron chi connectivity index (χ4n) is 1.70. The van der Waals surface area contributed by atoms with Gasteiger partial charge >= 0.3 is 0 Å². The first-order valence-electron chi connectivity index (χ1n) is 5.77. The van der Waals surface area contributed by atoms with Crippen molar-refractivity contribution in [2.45, 2.75) is 6.54 Å². The Morgan fingerprint density at radius 2 is 2.25 bits per heavy atom. The lowest BCUT2D eigenvalue weighted by Crippen LogP contribution is -2.03. The summed E-state index contributed by atoms with van der Waals surface area (Å²) < 4.78 is 5.02. The fourth-order valence-corrected chi connectivity index (χ4v) is 1.94. The first-order chi connectivity index (χ1) is 9.61. The second-order valence-corrected chi connectivity index (χ2v) is 4.36. The van der Waals surface area contributed by atoms with Crippen LogP contribution in [0.4, 0.5) is 11.4 Å². The van der Waals surface area contributed by atoms with Crippen LogP contribution in [0.5, 0.6) is 5.88 Å². The maximum Gasteiger partial charge on any atom is 0.293 e. The van der Waals surface area contributed by atoms with Gasteiger partial charge in [-0.15, -0.1) is 0 Å². The first kappa shape index (κ1) is 14.1. The quantitative estimate of drug-likeness (QED) is 0.676. The molecule has 1 heterocycles. The molecule has 0 saturated heterocycles. The number of nitrogens with zero attached hydrogens (tertiary/aromatic N) is 2. The van der Waals surface area contributed by atoms with E-state index >= 15 is 0 Å². The van der Waals surface area contributed by atoms with Crippen LogP contribution in [0.3, 0.4) is 0 Å². The van der Waals surface area contributed by atoms with Gasteiger partial charge < -0.3 is 10.1 Å². The van der Waals surface area contributed by atoms with Crippen molar-refractivity contribution >= 4 is 23.0 Å². The average Bonchev–Trinajstić information content (AvgIpc) is 2.45. The highest BCUT2D eigenvalue weighted by atomic mass is 35.5. The summed E-state index contributed by atoms with van der Waals surface area (Å²) in [5, 5.41) is 14.2. The molecule has 0 radical (unpaired) electrons. The van der Waals surface area contributed by atoms with Crippen molar-refractivity contribution in [2.75, 3.05) is 12.4 Å². The number of hydrogen-bond donors (Lipinski definition) is 1. The highest BCUT2D eigenvalue weighted by Crippen LogP contribution is 2.32. The molecule has 0 unspecified atom stereocenters. The zero-order valence-electron chi connectivity index (χ0n) is 10.7. The van der Waals surface area contributed by atoms with Crippen molar-refractivity contribution in [3.8, 4) is 5.88 Å². The number of benzene rings is 1. The summed E-state index contributed by atoms with van der Waals surface area (Å²) >= 11 is 5.99. The van der Waals surface area contributed by atoms with Gasteiger partial charge in [0, 0.05) is 24.9 Å². The Kier molecular flexibility index (Phi) is 4.37. The molecule has 2 aromatic rings. The van der Waals surface area contributed by atoms with Crippen molar-refractivity contribution in [3.63, 3.8) is 0 Å². The lowest BCUT2D eigenvalue weighted by atomic mass is 10.2. The molecular weight excluding hydrogens is 282 g/mol. The third-order valence-electron chi connectivity index (χ3n) is 2.67. The number of para-hydroxylation sites is 1. The molecule has 0 spiro atoms. The minimum Gasteiger partial charge on any atom is -0.481 e. The fraction of sp³-hybridized carbons (Fsp3) is 0.154. The zero-order chi connectivity index (χ0) is 14.5. The lowest BCUT2D eigenvalue weighted by molar-refractivity contribution is -0.383. The Hall–Kier alpha value is -2.34. The molecule has 0 atom stereocenters. The second-order valence-electron chi connectivity index (χ2n) is 3.95. The molecule has 0 bridgehead atoms. The smallest absolute Gasteiger partial charge is 0.293 e. The summed E-state index contributed by atoms with van der Waals surface area (Å²) in [6, 6.07) is 8.08. The second kappa shape index (κ2) is 6.21.